The molecule has 0 aliphatic heterocycles. The average Bonchev–Trinajstić information content (AvgIpc) is 2.40. The molecule has 0 aromatic carbocycles. The van der Waals surface area contributed by atoms with Crippen molar-refractivity contribution < 1.29 is 5.11 Å². The molecule has 1 N–H and O–H groups in total. The third-order valence-corrected chi connectivity index (χ3v) is 4.67. The largest absolute Gasteiger partial charge is 0.391 e. The lowest BCUT2D eigenvalue weighted by atomic mass is 9.94. The van der Waals surface area contributed by atoms with Gasteiger partial charge in [-0.1, -0.05) is 72.1 Å². The van der Waals surface area contributed by atoms with Crippen molar-refractivity contribution in [2.24, 2.45) is 5.92 Å². The van der Waals surface area contributed by atoms with Crippen LogP contribution in [0, 0.1) is 5.92 Å². The summed E-state index contributed by atoms with van der Waals surface area (Å²) in [5.41, 5.74) is 0. The molecule has 1 aliphatic rings. The molecule has 120 valence electrons. The Morgan fingerprint density at radius 1 is 0.900 bits per heavy atom. The van der Waals surface area contributed by atoms with E-state index in [1.54, 1.807) is 0 Å². The van der Waals surface area contributed by atoms with Gasteiger partial charge < -0.3 is 5.11 Å². The monoisotopic (exact) mass is 283 g/mol. The summed E-state index contributed by atoms with van der Waals surface area (Å²) in [6, 6.07) is 0.391. The minimum atomic E-state index is -0.117. The second-order valence-corrected chi connectivity index (χ2v) is 7.02. The Morgan fingerprint density at radius 3 is 1.90 bits per heavy atom. The van der Waals surface area contributed by atoms with Crippen molar-refractivity contribution in [3.05, 3.63) is 0 Å². The van der Waals surface area contributed by atoms with E-state index < -0.39 is 0 Å². The maximum atomic E-state index is 10.6. The number of nitrogens with zero attached hydrogens (tertiary/aromatic N) is 1. The molecule has 0 aromatic rings. The molecule has 0 spiro atoms. The normalized spacial score (nSPS) is 27.3. The molecule has 0 bridgehead atoms. The van der Waals surface area contributed by atoms with Gasteiger partial charge in [0, 0.05) is 12.6 Å². The van der Waals surface area contributed by atoms with E-state index in [9.17, 15) is 5.11 Å². The smallest absolute Gasteiger partial charge is 0.0695 e. The molecular formula is C18H37NO. The fourth-order valence-corrected chi connectivity index (χ4v) is 3.55. The molecule has 1 rings (SSSR count). The maximum absolute atomic E-state index is 10.6. The van der Waals surface area contributed by atoms with Gasteiger partial charge in [-0.2, -0.15) is 0 Å². The third kappa shape index (κ3) is 7.08. The van der Waals surface area contributed by atoms with Gasteiger partial charge in [-0.3, -0.25) is 4.90 Å². The summed E-state index contributed by atoms with van der Waals surface area (Å²) in [5.74, 6) is 0.684. The molecular weight excluding hydrogens is 246 g/mol. The SMILES string of the molecule is CCN(CC(C)C)C1CCCCCCCCCCC1O. The molecule has 2 heteroatoms. The Labute approximate surface area is 126 Å². The Hall–Kier alpha value is -0.0800. The van der Waals surface area contributed by atoms with E-state index in [0.717, 1.165) is 19.5 Å². The van der Waals surface area contributed by atoms with E-state index in [1.807, 2.05) is 0 Å². The molecule has 0 heterocycles. The average molecular weight is 283 g/mol. The fourth-order valence-electron chi connectivity index (χ4n) is 3.55. The summed E-state index contributed by atoms with van der Waals surface area (Å²) in [7, 11) is 0. The molecule has 1 fully saturated rings. The van der Waals surface area contributed by atoms with Gasteiger partial charge in [0.15, 0.2) is 0 Å². The van der Waals surface area contributed by atoms with Crippen molar-refractivity contribution in [2.75, 3.05) is 13.1 Å². The van der Waals surface area contributed by atoms with Crippen molar-refractivity contribution >= 4 is 0 Å². The molecule has 1 aliphatic carbocycles. The molecule has 2 unspecified atom stereocenters. The van der Waals surface area contributed by atoms with Crippen molar-refractivity contribution in [3.63, 3.8) is 0 Å². The first-order chi connectivity index (χ1) is 9.65. The zero-order valence-electron chi connectivity index (χ0n) is 14.1. The first-order valence-corrected chi connectivity index (χ1v) is 9.07. The second-order valence-electron chi connectivity index (χ2n) is 7.02. The lowest BCUT2D eigenvalue weighted by Gasteiger charge is -2.35. The van der Waals surface area contributed by atoms with Crippen LogP contribution in [0.2, 0.25) is 0 Å². The van der Waals surface area contributed by atoms with Crippen LogP contribution < -0.4 is 0 Å². The molecule has 0 aromatic heterocycles. The highest BCUT2D eigenvalue weighted by Gasteiger charge is 2.25. The predicted molar refractivity (Wildman–Crippen MR) is 88.0 cm³/mol. The Morgan fingerprint density at radius 2 is 1.40 bits per heavy atom. The number of hydrogen-bond acceptors (Lipinski definition) is 2. The van der Waals surface area contributed by atoms with E-state index in [0.29, 0.717) is 12.0 Å². The van der Waals surface area contributed by atoms with Gasteiger partial charge >= 0.3 is 0 Å². The summed E-state index contributed by atoms with van der Waals surface area (Å²) in [6.07, 6.45) is 12.8. The van der Waals surface area contributed by atoms with E-state index in [2.05, 4.69) is 25.7 Å². The van der Waals surface area contributed by atoms with Crippen LogP contribution in [-0.2, 0) is 0 Å². The van der Waals surface area contributed by atoms with Crippen molar-refractivity contribution in [1.29, 1.82) is 0 Å². The molecule has 0 saturated heterocycles. The van der Waals surface area contributed by atoms with Crippen LogP contribution in [0.5, 0.6) is 0 Å². The number of likely N-dealkylation sites (N-methyl/N-ethyl adjacent to an activating group) is 1. The van der Waals surface area contributed by atoms with Gasteiger partial charge in [-0.05, 0) is 25.3 Å². The summed E-state index contributed by atoms with van der Waals surface area (Å²) < 4.78 is 0. The number of aliphatic hydroxyl groups is 1. The summed E-state index contributed by atoms with van der Waals surface area (Å²) >= 11 is 0. The van der Waals surface area contributed by atoms with E-state index >= 15 is 0 Å². The van der Waals surface area contributed by atoms with Crippen LogP contribution in [0.3, 0.4) is 0 Å². The first-order valence-electron chi connectivity index (χ1n) is 9.07. The summed E-state index contributed by atoms with van der Waals surface area (Å²) in [6.45, 7) is 9.00. The molecule has 1 saturated carbocycles. The topological polar surface area (TPSA) is 23.5 Å². The minimum Gasteiger partial charge on any atom is -0.391 e. The van der Waals surface area contributed by atoms with E-state index in [4.69, 9.17) is 0 Å². The van der Waals surface area contributed by atoms with Gasteiger partial charge in [0.25, 0.3) is 0 Å². The highest BCUT2D eigenvalue weighted by Crippen LogP contribution is 2.21. The zero-order valence-corrected chi connectivity index (χ0v) is 14.1. The zero-order chi connectivity index (χ0) is 14.8. The van der Waals surface area contributed by atoms with Crippen LogP contribution in [0.25, 0.3) is 0 Å². The van der Waals surface area contributed by atoms with Crippen molar-refractivity contribution in [2.45, 2.75) is 97.1 Å². The number of hydrogen-bond donors (Lipinski definition) is 1. The predicted octanol–water partition coefficient (Wildman–Crippen LogP) is 4.61. The summed E-state index contributed by atoms with van der Waals surface area (Å²) in [5, 5.41) is 10.6. The van der Waals surface area contributed by atoms with Gasteiger partial charge in [0.2, 0.25) is 0 Å². The van der Waals surface area contributed by atoms with Crippen LogP contribution in [0.15, 0.2) is 0 Å². The van der Waals surface area contributed by atoms with Crippen LogP contribution in [0.4, 0.5) is 0 Å². The second kappa shape index (κ2) is 10.6. The number of aliphatic hydroxyl groups excluding tert-OH is 1. The lowest BCUT2D eigenvalue weighted by molar-refractivity contribution is 0.0321. The van der Waals surface area contributed by atoms with Gasteiger partial charge in [-0.15, -0.1) is 0 Å². The van der Waals surface area contributed by atoms with Crippen LogP contribution >= 0.6 is 0 Å². The third-order valence-electron chi connectivity index (χ3n) is 4.67. The van der Waals surface area contributed by atoms with Crippen molar-refractivity contribution in [3.8, 4) is 0 Å². The van der Waals surface area contributed by atoms with E-state index in [-0.39, 0.29) is 6.10 Å². The quantitative estimate of drug-likeness (QED) is 0.814. The molecule has 2 atom stereocenters. The molecule has 2 nitrogen and oxygen atoms in total. The Balaban J connectivity index is 2.58. The van der Waals surface area contributed by atoms with Gasteiger partial charge in [0.05, 0.1) is 6.10 Å². The lowest BCUT2D eigenvalue weighted by Crippen LogP contribution is -2.45. The fraction of sp³-hybridized carbons (Fsp3) is 1.00. The first kappa shape index (κ1) is 18.0. The highest BCUT2D eigenvalue weighted by molar-refractivity contribution is 4.80. The van der Waals surface area contributed by atoms with Crippen molar-refractivity contribution in [1.82, 2.24) is 4.90 Å². The number of rotatable bonds is 4. The summed E-state index contributed by atoms with van der Waals surface area (Å²) in [4.78, 5) is 2.53. The van der Waals surface area contributed by atoms with Crippen LogP contribution in [0.1, 0.15) is 85.0 Å². The molecule has 0 radical (unpaired) electrons. The minimum absolute atomic E-state index is 0.117. The van der Waals surface area contributed by atoms with Gasteiger partial charge in [-0.25, -0.2) is 0 Å². The Kier molecular flexibility index (Phi) is 9.54. The van der Waals surface area contributed by atoms with Crippen LogP contribution in [-0.4, -0.2) is 35.2 Å². The maximum Gasteiger partial charge on any atom is 0.0695 e. The highest BCUT2D eigenvalue weighted by atomic mass is 16.3. The van der Waals surface area contributed by atoms with E-state index in [1.165, 1.54) is 57.8 Å². The Bertz CT molecular complexity index is 229. The standard InChI is InChI=1S/C18H37NO/c1-4-19(15-16(2)3)17-13-11-9-7-5-6-8-10-12-14-18(17)20/h16-18,20H,4-15H2,1-3H3. The molecule has 20 heavy (non-hydrogen) atoms. The van der Waals surface area contributed by atoms with Gasteiger partial charge in [0.1, 0.15) is 0 Å². The molecule has 0 amide bonds.